The smallest absolute Gasteiger partial charge is 0.241 e. The van der Waals surface area contributed by atoms with Crippen molar-refractivity contribution in [3.63, 3.8) is 0 Å². The summed E-state index contributed by atoms with van der Waals surface area (Å²) in [5.74, 6) is 2.16. The highest BCUT2D eigenvalue weighted by atomic mass is 16.5. The summed E-state index contributed by atoms with van der Waals surface area (Å²) in [6, 6.07) is -0.264. The minimum atomic E-state index is -0.264. The minimum Gasteiger partial charge on any atom is -0.423 e. The highest BCUT2D eigenvalue weighted by Crippen LogP contribution is 2.29. The lowest BCUT2D eigenvalue weighted by molar-refractivity contribution is -0.145. The topological polar surface area (TPSA) is 71.7 Å². The molecule has 2 aliphatic rings. The Morgan fingerprint density at radius 3 is 2.72 bits per heavy atom. The fourth-order valence-corrected chi connectivity index (χ4v) is 3.64. The molecular formula is C18H30N4O3. The van der Waals surface area contributed by atoms with Crippen LogP contribution in [0, 0.1) is 11.8 Å². The number of aromatic nitrogens is 2. The molecule has 2 atom stereocenters. The summed E-state index contributed by atoms with van der Waals surface area (Å²) in [5.41, 5.74) is 0. The number of rotatable bonds is 5. The number of nitrogens with zero attached hydrogens (tertiary/aromatic N) is 4. The van der Waals surface area contributed by atoms with E-state index in [0.717, 1.165) is 26.1 Å². The third kappa shape index (κ3) is 4.20. The Hall–Kier alpha value is -1.47. The Kier molecular flexibility index (Phi) is 5.74. The molecule has 1 amide bonds. The molecule has 1 aromatic heterocycles. The fraction of sp³-hybridized carbons (Fsp3) is 0.833. The van der Waals surface area contributed by atoms with Crippen LogP contribution in [0.4, 0.5) is 0 Å². The molecular weight excluding hydrogens is 320 g/mol. The van der Waals surface area contributed by atoms with Gasteiger partial charge in [-0.1, -0.05) is 27.7 Å². The predicted molar refractivity (Wildman–Crippen MR) is 93.0 cm³/mol. The summed E-state index contributed by atoms with van der Waals surface area (Å²) in [6.45, 7) is 12.9. The maximum Gasteiger partial charge on any atom is 0.241 e. The molecule has 140 valence electrons. The molecule has 1 aromatic rings. The molecule has 7 heteroatoms. The molecule has 0 bridgehead atoms. The number of hydrogen-bond acceptors (Lipinski definition) is 6. The van der Waals surface area contributed by atoms with Crippen molar-refractivity contribution in [1.82, 2.24) is 20.0 Å². The summed E-state index contributed by atoms with van der Waals surface area (Å²) in [7, 11) is 0. The Morgan fingerprint density at radius 2 is 2.04 bits per heavy atom. The van der Waals surface area contributed by atoms with Gasteiger partial charge in [0.1, 0.15) is 6.04 Å². The van der Waals surface area contributed by atoms with Crippen LogP contribution in [0.5, 0.6) is 0 Å². The van der Waals surface area contributed by atoms with Crippen molar-refractivity contribution in [1.29, 1.82) is 0 Å². The number of morpholine rings is 1. The standard InChI is InChI=1S/C18H30N4O3/c1-12(2)9-21-6-5-14(10-21)18(23)22-7-8-24-11-15(22)17-20-19-16(25-17)13(3)4/h12-15H,5-11H2,1-4H3/t14-,15+/m0/s1. The van der Waals surface area contributed by atoms with E-state index in [9.17, 15) is 4.79 Å². The highest BCUT2D eigenvalue weighted by Gasteiger charge is 2.38. The summed E-state index contributed by atoms with van der Waals surface area (Å²) in [4.78, 5) is 17.4. The Bertz CT molecular complexity index is 587. The molecule has 0 aliphatic carbocycles. The maximum absolute atomic E-state index is 13.1. The van der Waals surface area contributed by atoms with Crippen LogP contribution in [0.2, 0.25) is 0 Å². The molecule has 25 heavy (non-hydrogen) atoms. The SMILES string of the molecule is CC(C)CN1CC[C@H](C(=O)N2CCOC[C@@H]2c2nnc(C(C)C)o2)C1. The van der Waals surface area contributed by atoms with Gasteiger partial charge in [-0.25, -0.2) is 0 Å². The van der Waals surface area contributed by atoms with Crippen molar-refractivity contribution in [2.75, 3.05) is 39.4 Å². The summed E-state index contributed by atoms with van der Waals surface area (Å²) in [5, 5.41) is 8.28. The summed E-state index contributed by atoms with van der Waals surface area (Å²) < 4.78 is 11.4. The van der Waals surface area contributed by atoms with Crippen LogP contribution in [0.3, 0.4) is 0 Å². The zero-order chi connectivity index (χ0) is 18.0. The van der Waals surface area contributed by atoms with Gasteiger partial charge in [-0.15, -0.1) is 10.2 Å². The zero-order valence-electron chi connectivity index (χ0n) is 15.8. The van der Waals surface area contributed by atoms with E-state index in [2.05, 4.69) is 28.9 Å². The van der Waals surface area contributed by atoms with Crippen molar-refractivity contribution in [3.05, 3.63) is 11.8 Å². The van der Waals surface area contributed by atoms with Crippen molar-refractivity contribution in [2.24, 2.45) is 11.8 Å². The first-order valence-corrected chi connectivity index (χ1v) is 9.39. The molecule has 3 rings (SSSR count). The van der Waals surface area contributed by atoms with Crippen molar-refractivity contribution in [2.45, 2.75) is 46.1 Å². The third-order valence-electron chi connectivity index (χ3n) is 4.89. The molecule has 0 radical (unpaired) electrons. The number of ether oxygens (including phenoxy) is 1. The molecule has 2 aliphatic heterocycles. The molecule has 7 nitrogen and oxygen atoms in total. The van der Waals surface area contributed by atoms with Crippen LogP contribution in [-0.4, -0.2) is 65.3 Å². The first kappa shape index (κ1) is 18.3. The van der Waals surface area contributed by atoms with Gasteiger partial charge in [-0.05, 0) is 18.9 Å². The van der Waals surface area contributed by atoms with Crippen LogP contribution in [-0.2, 0) is 9.53 Å². The average molecular weight is 350 g/mol. The Labute approximate surface area is 149 Å². The quantitative estimate of drug-likeness (QED) is 0.809. The van der Waals surface area contributed by atoms with Gasteiger partial charge in [0, 0.05) is 25.6 Å². The predicted octanol–water partition coefficient (Wildman–Crippen LogP) is 2.07. The van der Waals surface area contributed by atoms with E-state index >= 15 is 0 Å². The second kappa shape index (κ2) is 7.83. The minimum absolute atomic E-state index is 0.0619. The third-order valence-corrected chi connectivity index (χ3v) is 4.89. The van der Waals surface area contributed by atoms with Gasteiger partial charge < -0.3 is 19.0 Å². The lowest BCUT2D eigenvalue weighted by Crippen LogP contribution is -2.46. The first-order chi connectivity index (χ1) is 12.0. The molecule has 2 saturated heterocycles. The zero-order valence-corrected chi connectivity index (χ0v) is 15.8. The Morgan fingerprint density at radius 1 is 1.24 bits per heavy atom. The van der Waals surface area contributed by atoms with Gasteiger partial charge in [0.2, 0.25) is 17.7 Å². The average Bonchev–Trinajstić information content (AvgIpc) is 3.23. The molecule has 0 unspecified atom stereocenters. The van der Waals surface area contributed by atoms with Gasteiger partial charge in [-0.2, -0.15) is 0 Å². The molecule has 0 spiro atoms. The van der Waals surface area contributed by atoms with E-state index in [-0.39, 0.29) is 23.8 Å². The second-order valence-electron chi connectivity index (χ2n) is 7.89. The van der Waals surface area contributed by atoms with Gasteiger partial charge in [0.15, 0.2) is 0 Å². The van der Waals surface area contributed by atoms with E-state index < -0.39 is 0 Å². The Balaban J connectivity index is 1.69. The van der Waals surface area contributed by atoms with Crippen LogP contribution >= 0.6 is 0 Å². The number of carbonyl (C=O) groups is 1. The van der Waals surface area contributed by atoms with Crippen LogP contribution in [0.1, 0.15) is 57.9 Å². The molecule has 0 saturated carbocycles. The van der Waals surface area contributed by atoms with Crippen molar-refractivity contribution < 1.29 is 13.9 Å². The van der Waals surface area contributed by atoms with Gasteiger partial charge in [0.05, 0.1) is 19.1 Å². The van der Waals surface area contributed by atoms with E-state index in [4.69, 9.17) is 9.15 Å². The van der Waals surface area contributed by atoms with Gasteiger partial charge in [-0.3, -0.25) is 4.79 Å². The number of carbonyl (C=O) groups excluding carboxylic acids is 1. The summed E-state index contributed by atoms with van der Waals surface area (Å²) >= 11 is 0. The largest absolute Gasteiger partial charge is 0.423 e. The van der Waals surface area contributed by atoms with E-state index in [1.165, 1.54) is 0 Å². The van der Waals surface area contributed by atoms with E-state index in [1.54, 1.807) is 0 Å². The molecule has 0 aromatic carbocycles. The van der Waals surface area contributed by atoms with Crippen LogP contribution in [0.15, 0.2) is 4.42 Å². The normalized spacial score (nSPS) is 25.3. The van der Waals surface area contributed by atoms with Gasteiger partial charge in [0.25, 0.3) is 0 Å². The van der Waals surface area contributed by atoms with E-state index in [1.807, 2.05) is 18.7 Å². The maximum atomic E-state index is 13.1. The van der Waals surface area contributed by atoms with E-state index in [0.29, 0.717) is 37.5 Å². The fourth-order valence-electron chi connectivity index (χ4n) is 3.64. The first-order valence-electron chi connectivity index (χ1n) is 9.39. The highest BCUT2D eigenvalue weighted by molar-refractivity contribution is 5.80. The monoisotopic (exact) mass is 350 g/mol. The van der Waals surface area contributed by atoms with Crippen LogP contribution < -0.4 is 0 Å². The number of likely N-dealkylation sites (tertiary alicyclic amines) is 1. The van der Waals surface area contributed by atoms with Crippen LogP contribution in [0.25, 0.3) is 0 Å². The van der Waals surface area contributed by atoms with Crippen molar-refractivity contribution in [3.8, 4) is 0 Å². The molecule has 3 heterocycles. The second-order valence-corrected chi connectivity index (χ2v) is 7.89. The molecule has 0 N–H and O–H groups in total. The molecule has 2 fully saturated rings. The lowest BCUT2D eigenvalue weighted by atomic mass is 10.1. The van der Waals surface area contributed by atoms with Gasteiger partial charge >= 0.3 is 0 Å². The summed E-state index contributed by atoms with van der Waals surface area (Å²) in [6.07, 6.45) is 0.927. The number of hydrogen-bond donors (Lipinski definition) is 0. The van der Waals surface area contributed by atoms with Crippen molar-refractivity contribution >= 4 is 5.91 Å². The lowest BCUT2D eigenvalue weighted by Gasteiger charge is -2.35. The number of amides is 1.